The molecule has 0 radical (unpaired) electrons. The number of hydrogen-bond donors (Lipinski definition) is 4. The van der Waals surface area contributed by atoms with Gasteiger partial charge >= 0.3 is 0 Å². The van der Waals surface area contributed by atoms with E-state index in [1.165, 1.54) is 0 Å². The number of thioether (sulfide) groups is 2. The monoisotopic (exact) mass is 292 g/mol. The van der Waals surface area contributed by atoms with Gasteiger partial charge in [0.2, 0.25) is 0 Å². The Labute approximate surface area is 112 Å². The van der Waals surface area contributed by atoms with E-state index in [-0.39, 0.29) is 8.66 Å². The molecule has 0 aliphatic rings. The second kappa shape index (κ2) is 8.28. The molecule has 1 unspecified atom stereocenters. The molecule has 0 N–H and O–H groups in total. The zero-order valence-corrected chi connectivity index (χ0v) is 12.7. The zero-order valence-electron chi connectivity index (χ0n) is 7.51. The van der Waals surface area contributed by atoms with Gasteiger partial charge in [0.1, 0.15) is 0 Å². The summed E-state index contributed by atoms with van der Waals surface area (Å²) >= 11 is 20.8. The molecule has 0 aliphatic heterocycles. The number of rotatable bonds is 7. The van der Waals surface area contributed by atoms with Crippen molar-refractivity contribution in [2.45, 2.75) is 15.6 Å². The third-order valence-electron chi connectivity index (χ3n) is 1.32. The molecule has 0 nitrogen and oxygen atoms in total. The molecule has 0 aromatic rings. The average Bonchev–Trinajstić information content (AvgIpc) is 2.11. The summed E-state index contributed by atoms with van der Waals surface area (Å²) in [5.74, 6) is 3.80. The lowest BCUT2D eigenvalue weighted by Gasteiger charge is -2.26. The summed E-state index contributed by atoms with van der Waals surface area (Å²) in [6, 6.07) is 0. The Morgan fingerprint density at radius 2 is 1.85 bits per heavy atom. The van der Waals surface area contributed by atoms with E-state index in [2.05, 4.69) is 57.4 Å². The van der Waals surface area contributed by atoms with Crippen LogP contribution in [0.3, 0.4) is 0 Å². The van der Waals surface area contributed by atoms with Crippen molar-refractivity contribution >= 4 is 74.0 Å². The van der Waals surface area contributed by atoms with E-state index in [0.717, 1.165) is 23.0 Å². The van der Waals surface area contributed by atoms with Crippen molar-refractivity contribution < 1.29 is 0 Å². The molecule has 0 fully saturated rings. The Balaban J connectivity index is 3.81. The number of thiol groups is 4. The smallest absolute Gasteiger partial charge is 0.0671 e. The quantitative estimate of drug-likeness (QED) is 0.420. The SMILES string of the molecule is CC(CS)(SCCS)SCC(S)S. The Kier molecular flexibility index (Phi) is 9.61. The maximum atomic E-state index is 4.36. The molecule has 0 rings (SSSR count). The van der Waals surface area contributed by atoms with Crippen molar-refractivity contribution in [2.24, 2.45) is 0 Å². The van der Waals surface area contributed by atoms with E-state index in [9.17, 15) is 0 Å². The topological polar surface area (TPSA) is 0 Å². The third kappa shape index (κ3) is 7.96. The molecule has 0 aromatic heterocycles. The Morgan fingerprint density at radius 3 is 2.23 bits per heavy atom. The van der Waals surface area contributed by atoms with E-state index in [0.29, 0.717) is 0 Å². The molecule has 0 spiro atoms. The standard InChI is InChI=1S/C7H16S6/c1-7(5-9,12-3-2-8)13-4-6(10)11/h6,8-11H,2-5H2,1H3. The molecule has 1 atom stereocenters. The van der Waals surface area contributed by atoms with E-state index in [1.54, 1.807) is 0 Å². The van der Waals surface area contributed by atoms with Crippen molar-refractivity contribution in [1.82, 2.24) is 0 Å². The fraction of sp³-hybridized carbons (Fsp3) is 1.00. The molecule has 13 heavy (non-hydrogen) atoms. The van der Waals surface area contributed by atoms with Gasteiger partial charge in [-0.1, -0.05) is 0 Å². The molecule has 0 bridgehead atoms. The minimum absolute atomic E-state index is 0.154. The molecule has 6 heteroatoms. The van der Waals surface area contributed by atoms with Crippen LogP contribution in [0.15, 0.2) is 0 Å². The van der Waals surface area contributed by atoms with Gasteiger partial charge in [-0.3, -0.25) is 0 Å². The summed E-state index contributed by atoms with van der Waals surface area (Å²) < 4.78 is 0.330. The highest BCUT2D eigenvalue weighted by Crippen LogP contribution is 2.38. The third-order valence-corrected chi connectivity index (χ3v) is 6.89. The molecule has 0 aromatic carbocycles. The lowest BCUT2D eigenvalue weighted by atomic mass is 10.5. The average molecular weight is 293 g/mol. The van der Waals surface area contributed by atoms with Gasteiger partial charge < -0.3 is 0 Å². The minimum Gasteiger partial charge on any atom is -0.179 e. The molecular weight excluding hydrogens is 276 g/mol. The Hall–Kier alpha value is 2.10. The van der Waals surface area contributed by atoms with Crippen LogP contribution >= 0.6 is 74.0 Å². The zero-order chi connectivity index (χ0) is 10.3. The van der Waals surface area contributed by atoms with Gasteiger partial charge in [0, 0.05) is 17.3 Å². The van der Waals surface area contributed by atoms with E-state index in [4.69, 9.17) is 0 Å². The summed E-state index contributed by atoms with van der Waals surface area (Å²) in [5.41, 5.74) is 0. The van der Waals surface area contributed by atoms with Crippen molar-refractivity contribution in [3.63, 3.8) is 0 Å². The molecular formula is C7H16S6. The van der Waals surface area contributed by atoms with Gasteiger partial charge in [-0.05, 0) is 12.7 Å². The van der Waals surface area contributed by atoms with Gasteiger partial charge in [-0.15, -0.1) is 23.5 Å². The van der Waals surface area contributed by atoms with Crippen LogP contribution in [-0.4, -0.2) is 31.7 Å². The first-order valence-electron chi connectivity index (χ1n) is 3.90. The van der Waals surface area contributed by atoms with Crippen molar-refractivity contribution in [3.05, 3.63) is 0 Å². The Bertz CT molecular complexity index is 128. The maximum absolute atomic E-state index is 4.36. The normalized spacial score (nSPS) is 16.2. The fourth-order valence-corrected chi connectivity index (χ4v) is 3.91. The van der Waals surface area contributed by atoms with E-state index in [1.807, 2.05) is 23.5 Å². The van der Waals surface area contributed by atoms with E-state index < -0.39 is 0 Å². The predicted octanol–water partition coefficient (Wildman–Crippen LogP) is 3.21. The second-order valence-electron chi connectivity index (χ2n) is 2.66. The summed E-state index contributed by atoms with van der Waals surface area (Å²) in [4.78, 5) is 0. The minimum atomic E-state index is 0.154. The number of hydrogen-bond acceptors (Lipinski definition) is 6. The van der Waals surface area contributed by atoms with Gasteiger partial charge in [-0.2, -0.15) is 50.5 Å². The predicted molar refractivity (Wildman–Crippen MR) is 82.8 cm³/mol. The summed E-state index contributed by atoms with van der Waals surface area (Å²) in [6.07, 6.45) is 0. The molecule has 0 amide bonds. The molecule has 0 heterocycles. The van der Waals surface area contributed by atoms with Crippen LogP contribution in [0.2, 0.25) is 0 Å². The van der Waals surface area contributed by atoms with Gasteiger partial charge in [0.05, 0.1) is 8.66 Å². The fourth-order valence-electron chi connectivity index (χ4n) is 0.645. The summed E-state index contributed by atoms with van der Waals surface area (Å²) in [7, 11) is 0. The first-order valence-corrected chi connectivity index (χ1v) is 8.17. The van der Waals surface area contributed by atoms with Crippen molar-refractivity contribution in [1.29, 1.82) is 0 Å². The van der Waals surface area contributed by atoms with Gasteiger partial charge in [0.25, 0.3) is 0 Å². The van der Waals surface area contributed by atoms with Crippen LogP contribution in [0.4, 0.5) is 0 Å². The molecule has 0 saturated heterocycles. The van der Waals surface area contributed by atoms with Crippen LogP contribution < -0.4 is 0 Å². The highest BCUT2D eigenvalue weighted by molar-refractivity contribution is 8.19. The van der Waals surface area contributed by atoms with Gasteiger partial charge in [-0.25, -0.2) is 0 Å². The largest absolute Gasteiger partial charge is 0.179 e. The molecule has 0 saturated carbocycles. The van der Waals surface area contributed by atoms with Crippen molar-refractivity contribution in [2.75, 3.05) is 23.0 Å². The second-order valence-corrected chi connectivity index (χ2v) is 8.45. The maximum Gasteiger partial charge on any atom is 0.0671 e. The summed E-state index contributed by atoms with van der Waals surface area (Å²) in [6.45, 7) is 2.21. The van der Waals surface area contributed by atoms with Crippen LogP contribution in [0, 0.1) is 0 Å². The lowest BCUT2D eigenvalue weighted by molar-refractivity contribution is 1.04. The van der Waals surface area contributed by atoms with Crippen LogP contribution in [0.1, 0.15) is 6.92 Å². The lowest BCUT2D eigenvalue weighted by Crippen LogP contribution is -2.20. The van der Waals surface area contributed by atoms with Crippen LogP contribution in [0.5, 0.6) is 0 Å². The van der Waals surface area contributed by atoms with Crippen molar-refractivity contribution in [3.8, 4) is 0 Å². The highest BCUT2D eigenvalue weighted by atomic mass is 32.2. The first kappa shape index (κ1) is 15.1. The Morgan fingerprint density at radius 1 is 1.23 bits per heavy atom. The van der Waals surface area contributed by atoms with Crippen LogP contribution in [-0.2, 0) is 0 Å². The highest BCUT2D eigenvalue weighted by Gasteiger charge is 2.23. The molecule has 80 valence electrons. The first-order chi connectivity index (χ1) is 6.04. The molecule has 0 aliphatic carbocycles. The van der Waals surface area contributed by atoms with Gasteiger partial charge in [0.15, 0.2) is 0 Å². The van der Waals surface area contributed by atoms with Crippen LogP contribution in [0.25, 0.3) is 0 Å². The summed E-state index contributed by atoms with van der Waals surface area (Å²) in [5, 5.41) is 0. The van der Waals surface area contributed by atoms with E-state index >= 15 is 0 Å².